The fraction of sp³-hybridized carbons (Fsp3) is 0.462. The Morgan fingerprint density at radius 2 is 2.24 bits per heavy atom. The maximum Gasteiger partial charge on any atom is 0.222 e. The molecule has 0 saturated heterocycles. The van der Waals surface area contributed by atoms with Crippen molar-refractivity contribution in [3.8, 4) is 5.75 Å². The first kappa shape index (κ1) is 13.5. The van der Waals surface area contributed by atoms with Crippen LogP contribution in [0.1, 0.15) is 19.8 Å². The van der Waals surface area contributed by atoms with E-state index in [1.807, 2.05) is 6.92 Å². The quantitative estimate of drug-likeness (QED) is 0.763. The van der Waals surface area contributed by atoms with Crippen LogP contribution in [0.5, 0.6) is 5.75 Å². The molecule has 0 aliphatic rings. The number of ether oxygens (including phenoxy) is 1. The van der Waals surface area contributed by atoms with Crippen molar-refractivity contribution in [1.82, 2.24) is 4.90 Å². The van der Waals surface area contributed by atoms with Gasteiger partial charge in [-0.2, -0.15) is 0 Å². The standard InChI is InChI=1S/C13H18FNO2/c1-3-5-13(16)15(2)8-9-17-12-7-4-6-11(14)10-12/h4,6-7,10H,3,5,8-9H2,1-2H3. The van der Waals surface area contributed by atoms with Gasteiger partial charge in [0.05, 0.1) is 6.54 Å². The Labute approximate surface area is 101 Å². The SMILES string of the molecule is CCCC(=O)N(C)CCOc1cccc(F)c1. The Morgan fingerprint density at radius 3 is 2.88 bits per heavy atom. The van der Waals surface area contributed by atoms with Crippen LogP contribution in [0.2, 0.25) is 0 Å². The molecule has 0 fully saturated rings. The summed E-state index contributed by atoms with van der Waals surface area (Å²) < 4.78 is 18.2. The average molecular weight is 239 g/mol. The molecule has 4 heteroatoms. The predicted octanol–water partition coefficient (Wildman–Crippen LogP) is 2.46. The normalized spacial score (nSPS) is 10.1. The molecule has 0 unspecified atom stereocenters. The molecule has 0 N–H and O–H groups in total. The highest BCUT2D eigenvalue weighted by atomic mass is 19.1. The average Bonchev–Trinajstić information content (AvgIpc) is 2.29. The van der Waals surface area contributed by atoms with Crippen molar-refractivity contribution in [1.29, 1.82) is 0 Å². The van der Waals surface area contributed by atoms with Crippen molar-refractivity contribution in [2.24, 2.45) is 0 Å². The Balaban J connectivity index is 2.30. The number of rotatable bonds is 6. The first-order valence-electron chi connectivity index (χ1n) is 5.75. The van der Waals surface area contributed by atoms with E-state index in [1.54, 1.807) is 24.1 Å². The van der Waals surface area contributed by atoms with Gasteiger partial charge in [0, 0.05) is 19.5 Å². The maximum atomic E-state index is 12.8. The summed E-state index contributed by atoms with van der Waals surface area (Å²) >= 11 is 0. The van der Waals surface area contributed by atoms with Gasteiger partial charge >= 0.3 is 0 Å². The minimum atomic E-state index is -0.321. The molecule has 1 aromatic rings. The molecule has 94 valence electrons. The zero-order valence-electron chi connectivity index (χ0n) is 10.3. The lowest BCUT2D eigenvalue weighted by Gasteiger charge is -2.17. The lowest BCUT2D eigenvalue weighted by molar-refractivity contribution is -0.130. The highest BCUT2D eigenvalue weighted by Crippen LogP contribution is 2.11. The summed E-state index contributed by atoms with van der Waals surface area (Å²) in [5, 5.41) is 0. The van der Waals surface area contributed by atoms with Crippen LogP contribution in [0.4, 0.5) is 4.39 Å². The maximum absolute atomic E-state index is 12.8. The van der Waals surface area contributed by atoms with Crippen LogP contribution in [0, 0.1) is 5.82 Å². The summed E-state index contributed by atoms with van der Waals surface area (Å²) in [6.07, 6.45) is 1.39. The van der Waals surface area contributed by atoms with Crippen LogP contribution in [0.3, 0.4) is 0 Å². The number of halogens is 1. The number of carbonyl (C=O) groups excluding carboxylic acids is 1. The molecule has 0 aliphatic carbocycles. The van der Waals surface area contributed by atoms with E-state index >= 15 is 0 Å². The molecule has 17 heavy (non-hydrogen) atoms. The Morgan fingerprint density at radius 1 is 1.47 bits per heavy atom. The number of carbonyl (C=O) groups is 1. The first-order valence-corrected chi connectivity index (χ1v) is 5.75. The van der Waals surface area contributed by atoms with Crippen LogP contribution < -0.4 is 4.74 Å². The summed E-state index contributed by atoms with van der Waals surface area (Å²) in [4.78, 5) is 13.1. The molecular weight excluding hydrogens is 221 g/mol. The van der Waals surface area contributed by atoms with Crippen LogP contribution in [-0.2, 0) is 4.79 Å². The molecule has 0 aromatic heterocycles. The second-order valence-corrected chi connectivity index (χ2v) is 3.87. The van der Waals surface area contributed by atoms with Gasteiger partial charge in [0.1, 0.15) is 18.2 Å². The third-order valence-electron chi connectivity index (χ3n) is 2.38. The molecule has 0 heterocycles. The smallest absolute Gasteiger partial charge is 0.222 e. The minimum absolute atomic E-state index is 0.107. The first-order chi connectivity index (χ1) is 8.13. The van der Waals surface area contributed by atoms with Gasteiger partial charge in [-0.05, 0) is 18.6 Å². The van der Waals surface area contributed by atoms with Crippen molar-refractivity contribution in [2.45, 2.75) is 19.8 Å². The van der Waals surface area contributed by atoms with E-state index in [1.165, 1.54) is 12.1 Å². The number of amides is 1. The summed E-state index contributed by atoms with van der Waals surface area (Å²) in [5.41, 5.74) is 0. The highest BCUT2D eigenvalue weighted by molar-refractivity contribution is 5.75. The minimum Gasteiger partial charge on any atom is -0.492 e. The van der Waals surface area contributed by atoms with Gasteiger partial charge in [-0.3, -0.25) is 4.79 Å². The number of nitrogens with zero attached hydrogens (tertiary/aromatic N) is 1. The lowest BCUT2D eigenvalue weighted by atomic mass is 10.3. The van der Waals surface area contributed by atoms with Crippen molar-refractivity contribution in [2.75, 3.05) is 20.2 Å². The van der Waals surface area contributed by atoms with Crippen molar-refractivity contribution < 1.29 is 13.9 Å². The molecule has 1 rings (SSSR count). The van der Waals surface area contributed by atoms with Crippen molar-refractivity contribution in [3.63, 3.8) is 0 Å². The molecule has 1 aromatic carbocycles. The molecule has 0 atom stereocenters. The molecule has 1 amide bonds. The second kappa shape index (κ2) is 6.89. The van der Waals surface area contributed by atoms with Crippen molar-refractivity contribution in [3.05, 3.63) is 30.1 Å². The predicted molar refractivity (Wildman–Crippen MR) is 64.4 cm³/mol. The number of hydrogen-bond acceptors (Lipinski definition) is 2. The van der Waals surface area contributed by atoms with E-state index in [-0.39, 0.29) is 11.7 Å². The fourth-order valence-corrected chi connectivity index (χ4v) is 1.39. The second-order valence-electron chi connectivity index (χ2n) is 3.87. The third-order valence-corrected chi connectivity index (χ3v) is 2.38. The Kier molecular flexibility index (Phi) is 5.46. The van der Waals surface area contributed by atoms with E-state index in [0.717, 1.165) is 6.42 Å². The van der Waals surface area contributed by atoms with Gasteiger partial charge in [0.2, 0.25) is 5.91 Å². The van der Waals surface area contributed by atoms with Gasteiger partial charge in [0.25, 0.3) is 0 Å². The van der Waals surface area contributed by atoms with Gasteiger partial charge in [-0.25, -0.2) is 4.39 Å². The Bertz CT molecular complexity index is 368. The number of benzene rings is 1. The molecule has 0 radical (unpaired) electrons. The van der Waals surface area contributed by atoms with Crippen LogP contribution in [-0.4, -0.2) is 31.0 Å². The van der Waals surface area contributed by atoms with Gasteiger partial charge < -0.3 is 9.64 Å². The van der Waals surface area contributed by atoms with E-state index < -0.39 is 0 Å². The molecule has 0 bridgehead atoms. The Hall–Kier alpha value is -1.58. The van der Waals surface area contributed by atoms with Crippen molar-refractivity contribution >= 4 is 5.91 Å². The summed E-state index contributed by atoms with van der Waals surface area (Å²) in [6, 6.07) is 5.98. The number of likely N-dealkylation sites (N-methyl/N-ethyl adjacent to an activating group) is 1. The van der Waals surface area contributed by atoms with Crippen LogP contribution in [0.15, 0.2) is 24.3 Å². The molecule has 0 saturated carbocycles. The summed E-state index contributed by atoms with van der Waals surface area (Å²) in [5.74, 6) is 0.273. The van der Waals surface area contributed by atoms with E-state index in [0.29, 0.717) is 25.3 Å². The third kappa shape index (κ3) is 4.85. The van der Waals surface area contributed by atoms with E-state index in [9.17, 15) is 9.18 Å². The number of hydrogen-bond donors (Lipinski definition) is 0. The lowest BCUT2D eigenvalue weighted by Crippen LogP contribution is -2.30. The van der Waals surface area contributed by atoms with E-state index in [4.69, 9.17) is 4.74 Å². The molecule has 3 nitrogen and oxygen atoms in total. The highest BCUT2D eigenvalue weighted by Gasteiger charge is 2.06. The summed E-state index contributed by atoms with van der Waals surface area (Å²) in [7, 11) is 1.74. The zero-order chi connectivity index (χ0) is 12.7. The zero-order valence-corrected chi connectivity index (χ0v) is 10.3. The van der Waals surface area contributed by atoms with Gasteiger partial charge in [0.15, 0.2) is 0 Å². The fourth-order valence-electron chi connectivity index (χ4n) is 1.39. The van der Waals surface area contributed by atoms with E-state index in [2.05, 4.69) is 0 Å². The van der Waals surface area contributed by atoms with Gasteiger partial charge in [-0.15, -0.1) is 0 Å². The van der Waals surface area contributed by atoms with Crippen LogP contribution >= 0.6 is 0 Å². The molecular formula is C13H18FNO2. The molecule has 0 spiro atoms. The topological polar surface area (TPSA) is 29.5 Å². The summed E-state index contributed by atoms with van der Waals surface area (Å²) in [6.45, 7) is 2.85. The monoisotopic (exact) mass is 239 g/mol. The molecule has 0 aliphatic heterocycles. The van der Waals surface area contributed by atoms with Crippen LogP contribution in [0.25, 0.3) is 0 Å². The largest absolute Gasteiger partial charge is 0.492 e. The van der Waals surface area contributed by atoms with Gasteiger partial charge in [-0.1, -0.05) is 13.0 Å².